The van der Waals surface area contributed by atoms with Crippen LogP contribution < -0.4 is 15.8 Å². The van der Waals surface area contributed by atoms with Crippen molar-refractivity contribution in [2.75, 3.05) is 25.6 Å². The molecule has 1 aliphatic rings. The van der Waals surface area contributed by atoms with E-state index in [9.17, 15) is 0 Å². The van der Waals surface area contributed by atoms with E-state index in [1.165, 1.54) is 0 Å². The molecule has 5 nitrogen and oxygen atoms in total. The van der Waals surface area contributed by atoms with E-state index in [0.717, 1.165) is 31.6 Å². The molecule has 1 atom stereocenters. The molecule has 0 saturated carbocycles. The van der Waals surface area contributed by atoms with E-state index < -0.39 is 0 Å². The van der Waals surface area contributed by atoms with Gasteiger partial charge in [0, 0.05) is 18.8 Å². The van der Waals surface area contributed by atoms with Crippen molar-refractivity contribution in [3.05, 3.63) is 23.2 Å². The number of anilines is 1. The Morgan fingerprint density at radius 3 is 3.10 bits per heavy atom. The highest BCUT2D eigenvalue weighted by Crippen LogP contribution is 2.27. The van der Waals surface area contributed by atoms with Gasteiger partial charge in [-0.2, -0.15) is 0 Å². The molecule has 2 rings (SSSR count). The Hall–Kier alpha value is -1.46. The highest BCUT2D eigenvalue weighted by Gasteiger charge is 2.14. The topological polar surface area (TPSA) is 68.9 Å². The lowest BCUT2D eigenvalue weighted by Crippen LogP contribution is -2.23. The van der Waals surface area contributed by atoms with E-state index in [4.69, 9.17) is 26.8 Å². The number of hydrogen-bond donors (Lipinski definition) is 2. The maximum atomic E-state index is 6.04. The zero-order valence-electron chi connectivity index (χ0n) is 11.6. The van der Waals surface area contributed by atoms with Crippen molar-refractivity contribution in [3.8, 4) is 5.75 Å². The van der Waals surface area contributed by atoms with Crippen molar-refractivity contribution < 1.29 is 9.47 Å². The van der Waals surface area contributed by atoms with Crippen LogP contribution in [0, 0.1) is 0 Å². The molecule has 0 aromatic heterocycles. The number of nitrogens with two attached hydrogens (primary N) is 1. The lowest BCUT2D eigenvalue weighted by Gasteiger charge is -2.09. The Morgan fingerprint density at radius 1 is 1.60 bits per heavy atom. The zero-order chi connectivity index (χ0) is 14.4. The average molecular weight is 298 g/mol. The summed E-state index contributed by atoms with van der Waals surface area (Å²) in [5.74, 6) is 1.01. The fourth-order valence-electron chi connectivity index (χ4n) is 2.13. The summed E-state index contributed by atoms with van der Waals surface area (Å²) in [5.41, 5.74) is 6.62. The number of halogens is 1. The van der Waals surface area contributed by atoms with Crippen LogP contribution in [0.2, 0.25) is 5.02 Å². The summed E-state index contributed by atoms with van der Waals surface area (Å²) in [6.45, 7) is 1.53. The largest absolute Gasteiger partial charge is 0.495 e. The second-order valence-electron chi connectivity index (χ2n) is 4.66. The van der Waals surface area contributed by atoms with Crippen LogP contribution in [0.15, 0.2) is 23.2 Å². The van der Waals surface area contributed by atoms with Crippen LogP contribution in [0.25, 0.3) is 0 Å². The second-order valence-corrected chi connectivity index (χ2v) is 5.07. The maximum Gasteiger partial charge on any atom is 0.193 e. The molecule has 1 fully saturated rings. The van der Waals surface area contributed by atoms with Gasteiger partial charge in [0.2, 0.25) is 0 Å². The number of ether oxygens (including phenoxy) is 2. The molecule has 1 aliphatic heterocycles. The second kappa shape index (κ2) is 7.36. The number of rotatable bonds is 5. The van der Waals surface area contributed by atoms with E-state index in [-0.39, 0.29) is 0 Å². The molecular formula is C14H20ClN3O2. The standard InChI is InChI=1S/C14H20ClN3O2/c1-19-13-5-4-10(9-12(13)15)18-14(16)17-7-6-11-3-2-8-20-11/h4-5,9,11H,2-3,6-8H2,1H3,(H3,16,17,18). The van der Waals surface area contributed by atoms with Crippen LogP contribution in [0.3, 0.4) is 0 Å². The van der Waals surface area contributed by atoms with E-state index in [1.807, 2.05) is 6.07 Å². The monoisotopic (exact) mass is 297 g/mol. The summed E-state index contributed by atoms with van der Waals surface area (Å²) in [6.07, 6.45) is 3.51. The Bertz CT molecular complexity index is 473. The van der Waals surface area contributed by atoms with Gasteiger partial charge in [-0.15, -0.1) is 0 Å². The summed E-state index contributed by atoms with van der Waals surface area (Å²) < 4.78 is 10.6. The van der Waals surface area contributed by atoms with Gasteiger partial charge in [0.1, 0.15) is 5.75 Å². The predicted octanol–water partition coefficient (Wildman–Crippen LogP) is 2.64. The third kappa shape index (κ3) is 4.28. The quantitative estimate of drug-likeness (QED) is 0.647. The molecule has 1 aromatic rings. The summed E-state index contributed by atoms with van der Waals surface area (Å²) in [4.78, 5) is 4.28. The van der Waals surface area contributed by atoms with Crippen molar-refractivity contribution in [2.24, 2.45) is 10.7 Å². The Kier molecular flexibility index (Phi) is 5.49. The van der Waals surface area contributed by atoms with Crippen LogP contribution >= 0.6 is 11.6 Å². The molecule has 3 N–H and O–H groups in total. The number of benzene rings is 1. The first-order valence-corrected chi connectivity index (χ1v) is 7.09. The average Bonchev–Trinajstić information content (AvgIpc) is 2.92. The summed E-state index contributed by atoms with van der Waals surface area (Å²) in [7, 11) is 1.58. The van der Waals surface area contributed by atoms with Gasteiger partial charge in [0.05, 0.1) is 18.2 Å². The van der Waals surface area contributed by atoms with E-state index in [0.29, 0.717) is 29.4 Å². The Morgan fingerprint density at radius 2 is 2.45 bits per heavy atom. The van der Waals surface area contributed by atoms with Crippen LogP contribution in [0.1, 0.15) is 19.3 Å². The number of guanidine groups is 1. The van der Waals surface area contributed by atoms with Gasteiger partial charge in [-0.25, -0.2) is 0 Å². The van der Waals surface area contributed by atoms with E-state index in [1.54, 1.807) is 19.2 Å². The van der Waals surface area contributed by atoms with Gasteiger partial charge >= 0.3 is 0 Å². The lowest BCUT2D eigenvalue weighted by molar-refractivity contribution is 0.106. The highest BCUT2D eigenvalue weighted by atomic mass is 35.5. The lowest BCUT2D eigenvalue weighted by atomic mass is 10.2. The number of nitrogens with one attached hydrogen (secondary N) is 1. The SMILES string of the molecule is COc1ccc(NC(N)=NCCC2CCCO2)cc1Cl. The molecule has 0 aliphatic carbocycles. The fraction of sp³-hybridized carbons (Fsp3) is 0.500. The van der Waals surface area contributed by atoms with Crippen molar-refractivity contribution >= 4 is 23.2 Å². The van der Waals surface area contributed by atoms with Gasteiger partial charge in [0.15, 0.2) is 5.96 Å². The summed E-state index contributed by atoms with van der Waals surface area (Å²) in [6, 6.07) is 5.38. The fourth-order valence-corrected chi connectivity index (χ4v) is 2.39. The number of methoxy groups -OCH3 is 1. The van der Waals surface area contributed by atoms with Crippen molar-refractivity contribution in [3.63, 3.8) is 0 Å². The minimum Gasteiger partial charge on any atom is -0.495 e. The first-order chi connectivity index (χ1) is 9.69. The molecule has 6 heteroatoms. The molecule has 1 unspecified atom stereocenters. The number of hydrogen-bond acceptors (Lipinski definition) is 3. The Labute approximate surface area is 124 Å². The normalized spacial score (nSPS) is 19.1. The molecular weight excluding hydrogens is 278 g/mol. The Balaban J connectivity index is 1.83. The van der Waals surface area contributed by atoms with E-state index in [2.05, 4.69) is 10.3 Å². The summed E-state index contributed by atoms with van der Waals surface area (Å²) >= 11 is 6.04. The third-order valence-electron chi connectivity index (χ3n) is 3.18. The smallest absolute Gasteiger partial charge is 0.193 e. The molecule has 0 bridgehead atoms. The van der Waals surface area contributed by atoms with Crippen LogP contribution in [0.5, 0.6) is 5.75 Å². The van der Waals surface area contributed by atoms with Crippen LogP contribution in [-0.4, -0.2) is 32.3 Å². The predicted molar refractivity (Wildman–Crippen MR) is 81.7 cm³/mol. The molecule has 1 aromatic carbocycles. The van der Waals surface area contributed by atoms with Gasteiger partial charge in [-0.3, -0.25) is 4.99 Å². The van der Waals surface area contributed by atoms with E-state index >= 15 is 0 Å². The number of aliphatic imine (C=N–C) groups is 1. The molecule has 20 heavy (non-hydrogen) atoms. The number of nitrogens with zero attached hydrogens (tertiary/aromatic N) is 1. The van der Waals surface area contributed by atoms with Crippen molar-refractivity contribution in [2.45, 2.75) is 25.4 Å². The van der Waals surface area contributed by atoms with Crippen molar-refractivity contribution in [1.29, 1.82) is 0 Å². The van der Waals surface area contributed by atoms with Gasteiger partial charge in [0.25, 0.3) is 0 Å². The maximum absolute atomic E-state index is 6.04. The van der Waals surface area contributed by atoms with Gasteiger partial charge < -0.3 is 20.5 Å². The zero-order valence-corrected chi connectivity index (χ0v) is 12.3. The summed E-state index contributed by atoms with van der Waals surface area (Å²) in [5, 5.41) is 3.54. The minimum absolute atomic E-state index is 0.335. The molecule has 0 amide bonds. The first-order valence-electron chi connectivity index (χ1n) is 6.71. The molecule has 1 heterocycles. The third-order valence-corrected chi connectivity index (χ3v) is 3.48. The molecule has 110 valence electrons. The van der Waals surface area contributed by atoms with Crippen LogP contribution in [0.4, 0.5) is 5.69 Å². The van der Waals surface area contributed by atoms with Crippen molar-refractivity contribution in [1.82, 2.24) is 0 Å². The minimum atomic E-state index is 0.335. The first kappa shape index (κ1) is 14.9. The highest BCUT2D eigenvalue weighted by molar-refractivity contribution is 6.32. The molecule has 0 spiro atoms. The molecule has 0 radical (unpaired) electrons. The van der Waals surface area contributed by atoms with Gasteiger partial charge in [-0.05, 0) is 37.5 Å². The van der Waals surface area contributed by atoms with Gasteiger partial charge in [-0.1, -0.05) is 11.6 Å². The molecule has 1 saturated heterocycles. The van der Waals surface area contributed by atoms with Crippen LogP contribution in [-0.2, 0) is 4.74 Å².